The Labute approximate surface area is 73.2 Å². The zero-order chi connectivity index (χ0) is 8.65. The standard InChI is InChI=1S/C12H10/c1-2-3-4-6-9-12-10-7-5-8-11-12/h1,3-11H/b4-3+,9-6+. The zero-order valence-corrected chi connectivity index (χ0v) is 6.77. The van der Waals surface area contributed by atoms with E-state index in [9.17, 15) is 0 Å². The van der Waals surface area contributed by atoms with Crippen molar-refractivity contribution in [1.82, 2.24) is 0 Å². The van der Waals surface area contributed by atoms with Crippen LogP contribution in [0, 0.1) is 12.3 Å². The minimum Gasteiger partial charge on any atom is -0.115 e. The van der Waals surface area contributed by atoms with E-state index in [4.69, 9.17) is 6.42 Å². The van der Waals surface area contributed by atoms with Crippen molar-refractivity contribution in [2.75, 3.05) is 0 Å². The molecule has 0 saturated carbocycles. The van der Waals surface area contributed by atoms with E-state index >= 15 is 0 Å². The molecule has 0 aliphatic carbocycles. The number of hydrogen-bond acceptors (Lipinski definition) is 0. The second-order valence-corrected chi connectivity index (χ2v) is 2.30. The van der Waals surface area contributed by atoms with Crippen LogP contribution in [0.5, 0.6) is 0 Å². The highest BCUT2D eigenvalue weighted by Crippen LogP contribution is 2.00. The van der Waals surface area contributed by atoms with E-state index in [0.717, 1.165) is 0 Å². The maximum atomic E-state index is 5.04. The van der Waals surface area contributed by atoms with E-state index in [1.54, 1.807) is 6.08 Å². The molecule has 0 aliphatic rings. The van der Waals surface area contributed by atoms with Crippen molar-refractivity contribution in [3.8, 4) is 12.3 Å². The van der Waals surface area contributed by atoms with Gasteiger partial charge in [-0.1, -0.05) is 54.5 Å². The van der Waals surface area contributed by atoms with Crippen LogP contribution in [-0.4, -0.2) is 0 Å². The van der Waals surface area contributed by atoms with Gasteiger partial charge in [0.25, 0.3) is 0 Å². The van der Waals surface area contributed by atoms with Crippen molar-refractivity contribution in [3.05, 3.63) is 54.1 Å². The lowest BCUT2D eigenvalue weighted by Crippen LogP contribution is -1.66. The monoisotopic (exact) mass is 154 g/mol. The minimum absolute atomic E-state index is 1.18. The largest absolute Gasteiger partial charge is 0.115 e. The third-order valence-electron chi connectivity index (χ3n) is 1.39. The zero-order valence-electron chi connectivity index (χ0n) is 6.77. The highest BCUT2D eigenvalue weighted by Gasteiger charge is 1.78. The first-order chi connectivity index (χ1) is 5.93. The Morgan fingerprint density at radius 3 is 2.50 bits per heavy atom. The average molecular weight is 154 g/mol. The lowest BCUT2D eigenvalue weighted by Gasteiger charge is -1.87. The SMILES string of the molecule is C#C/C=C/C=C/c1ccccc1. The van der Waals surface area contributed by atoms with Crippen molar-refractivity contribution in [3.63, 3.8) is 0 Å². The van der Waals surface area contributed by atoms with Gasteiger partial charge in [-0.05, 0) is 11.6 Å². The maximum absolute atomic E-state index is 5.04. The Morgan fingerprint density at radius 1 is 1.08 bits per heavy atom. The van der Waals surface area contributed by atoms with Gasteiger partial charge in [0.15, 0.2) is 0 Å². The van der Waals surface area contributed by atoms with Gasteiger partial charge in [-0.2, -0.15) is 0 Å². The summed E-state index contributed by atoms with van der Waals surface area (Å²) in [5, 5.41) is 0. The van der Waals surface area contributed by atoms with Crippen LogP contribution in [0.2, 0.25) is 0 Å². The summed E-state index contributed by atoms with van der Waals surface area (Å²) in [6, 6.07) is 10.1. The summed E-state index contributed by atoms with van der Waals surface area (Å²) in [5.41, 5.74) is 1.18. The molecule has 1 aromatic carbocycles. The van der Waals surface area contributed by atoms with Crippen molar-refractivity contribution >= 4 is 6.08 Å². The Balaban J connectivity index is 2.59. The van der Waals surface area contributed by atoms with E-state index in [-0.39, 0.29) is 0 Å². The molecular weight excluding hydrogens is 144 g/mol. The predicted molar refractivity (Wildman–Crippen MR) is 53.4 cm³/mol. The van der Waals surface area contributed by atoms with Gasteiger partial charge in [-0.3, -0.25) is 0 Å². The van der Waals surface area contributed by atoms with Crippen LogP contribution < -0.4 is 0 Å². The smallest absolute Gasteiger partial charge is 0.0122 e. The fraction of sp³-hybridized carbons (Fsp3) is 0. The van der Waals surface area contributed by atoms with Gasteiger partial charge in [0, 0.05) is 0 Å². The number of rotatable bonds is 2. The molecule has 0 spiro atoms. The lowest BCUT2D eigenvalue weighted by atomic mass is 10.2. The fourth-order valence-corrected chi connectivity index (χ4v) is 0.842. The van der Waals surface area contributed by atoms with E-state index in [1.807, 2.05) is 48.6 Å². The highest BCUT2D eigenvalue weighted by atomic mass is 13.8. The van der Waals surface area contributed by atoms with Crippen LogP contribution in [0.3, 0.4) is 0 Å². The van der Waals surface area contributed by atoms with Crippen LogP contribution in [0.15, 0.2) is 48.6 Å². The number of allylic oxidation sites excluding steroid dienone is 3. The topological polar surface area (TPSA) is 0 Å². The van der Waals surface area contributed by atoms with Gasteiger partial charge in [-0.25, -0.2) is 0 Å². The van der Waals surface area contributed by atoms with Gasteiger partial charge < -0.3 is 0 Å². The molecule has 0 radical (unpaired) electrons. The molecule has 0 atom stereocenters. The first-order valence-electron chi connectivity index (χ1n) is 3.78. The average Bonchev–Trinajstić information content (AvgIpc) is 2.14. The van der Waals surface area contributed by atoms with Crippen LogP contribution in [0.4, 0.5) is 0 Å². The molecule has 58 valence electrons. The summed E-state index contributed by atoms with van der Waals surface area (Å²) in [4.78, 5) is 0. The molecular formula is C12H10. The molecule has 0 aliphatic heterocycles. The Bertz CT molecular complexity index is 310. The van der Waals surface area contributed by atoms with E-state index in [1.165, 1.54) is 5.56 Å². The molecule has 0 unspecified atom stereocenters. The highest BCUT2D eigenvalue weighted by molar-refractivity contribution is 5.50. The van der Waals surface area contributed by atoms with Gasteiger partial charge in [0.2, 0.25) is 0 Å². The first-order valence-corrected chi connectivity index (χ1v) is 3.78. The Hall–Kier alpha value is -1.74. The molecule has 0 amide bonds. The van der Waals surface area contributed by atoms with Crippen LogP contribution in [0.1, 0.15) is 5.56 Å². The van der Waals surface area contributed by atoms with Gasteiger partial charge >= 0.3 is 0 Å². The third-order valence-corrected chi connectivity index (χ3v) is 1.39. The molecule has 0 saturated heterocycles. The summed E-state index contributed by atoms with van der Waals surface area (Å²) in [6.07, 6.45) is 12.5. The van der Waals surface area contributed by atoms with Crippen LogP contribution in [-0.2, 0) is 0 Å². The molecule has 0 bridgehead atoms. The van der Waals surface area contributed by atoms with Crippen LogP contribution >= 0.6 is 0 Å². The molecule has 12 heavy (non-hydrogen) atoms. The molecule has 0 nitrogen and oxygen atoms in total. The summed E-state index contributed by atoms with van der Waals surface area (Å²) in [5.74, 6) is 2.42. The molecule has 0 fully saturated rings. The van der Waals surface area contributed by atoms with Crippen molar-refractivity contribution in [1.29, 1.82) is 0 Å². The molecule has 0 N–H and O–H groups in total. The van der Waals surface area contributed by atoms with Crippen molar-refractivity contribution in [2.45, 2.75) is 0 Å². The summed E-state index contributed by atoms with van der Waals surface area (Å²) >= 11 is 0. The Morgan fingerprint density at radius 2 is 1.83 bits per heavy atom. The van der Waals surface area contributed by atoms with Crippen molar-refractivity contribution < 1.29 is 0 Å². The normalized spacial score (nSPS) is 10.6. The second-order valence-electron chi connectivity index (χ2n) is 2.30. The summed E-state index contributed by atoms with van der Waals surface area (Å²) in [6.45, 7) is 0. The van der Waals surface area contributed by atoms with E-state index < -0.39 is 0 Å². The molecule has 0 heterocycles. The summed E-state index contributed by atoms with van der Waals surface area (Å²) in [7, 11) is 0. The van der Waals surface area contributed by atoms with E-state index in [0.29, 0.717) is 0 Å². The first kappa shape index (κ1) is 8.36. The van der Waals surface area contributed by atoms with Gasteiger partial charge in [-0.15, -0.1) is 6.42 Å². The number of terminal acetylenes is 1. The lowest BCUT2D eigenvalue weighted by molar-refractivity contribution is 1.66. The minimum atomic E-state index is 1.18. The van der Waals surface area contributed by atoms with Crippen LogP contribution in [0.25, 0.3) is 6.08 Å². The number of benzene rings is 1. The Kier molecular flexibility index (Phi) is 3.47. The third kappa shape index (κ3) is 2.90. The summed E-state index contributed by atoms with van der Waals surface area (Å²) < 4.78 is 0. The molecule has 0 heteroatoms. The van der Waals surface area contributed by atoms with Crippen molar-refractivity contribution in [2.24, 2.45) is 0 Å². The molecule has 0 aromatic heterocycles. The van der Waals surface area contributed by atoms with Gasteiger partial charge in [0.1, 0.15) is 0 Å². The quantitative estimate of drug-likeness (QED) is 0.454. The van der Waals surface area contributed by atoms with Gasteiger partial charge in [0.05, 0.1) is 0 Å². The molecule has 1 rings (SSSR count). The number of hydrogen-bond donors (Lipinski definition) is 0. The fourth-order valence-electron chi connectivity index (χ4n) is 0.842. The van der Waals surface area contributed by atoms with E-state index in [2.05, 4.69) is 5.92 Å². The maximum Gasteiger partial charge on any atom is -0.0122 e. The predicted octanol–water partition coefficient (Wildman–Crippen LogP) is 2.89. The second kappa shape index (κ2) is 4.98. The molecule has 1 aromatic rings.